The van der Waals surface area contributed by atoms with Crippen LogP contribution in [0.5, 0.6) is 0 Å². The summed E-state index contributed by atoms with van der Waals surface area (Å²) in [5.41, 5.74) is 1.92. The van der Waals surface area contributed by atoms with Gasteiger partial charge in [-0.2, -0.15) is 5.10 Å². The van der Waals surface area contributed by atoms with Crippen LogP contribution in [0.1, 0.15) is 9.80 Å². The maximum atomic E-state index is 11.1. The van der Waals surface area contributed by atoms with Gasteiger partial charge in [0.25, 0.3) is 5.56 Å². The van der Waals surface area contributed by atoms with Gasteiger partial charge in [-0.25, -0.2) is 10.1 Å². The first-order chi connectivity index (χ1) is 9.78. The molecule has 0 bridgehead atoms. The van der Waals surface area contributed by atoms with Crippen molar-refractivity contribution < 1.29 is 4.79 Å². The normalized spacial score (nSPS) is 10.4. The summed E-state index contributed by atoms with van der Waals surface area (Å²) in [6.07, 6.45) is 0.715. The molecule has 5 nitrogen and oxygen atoms in total. The first kappa shape index (κ1) is 12.4. The summed E-state index contributed by atoms with van der Waals surface area (Å²) in [5, 5.41) is 6.77. The number of aromatic amines is 1. The van der Waals surface area contributed by atoms with E-state index < -0.39 is 0 Å². The topological polar surface area (TPSA) is 75.7 Å². The highest BCUT2D eigenvalue weighted by Gasteiger charge is 2.15. The van der Waals surface area contributed by atoms with Crippen LogP contribution in [0.25, 0.3) is 21.8 Å². The lowest BCUT2D eigenvalue weighted by atomic mass is 10.1. The lowest BCUT2D eigenvalue weighted by molar-refractivity contribution is 0.112. The summed E-state index contributed by atoms with van der Waals surface area (Å²) in [5.74, 6) is 0. The maximum Gasteiger partial charge on any atom is 0.264 e. The van der Waals surface area contributed by atoms with Crippen molar-refractivity contribution >= 4 is 17.6 Å². The number of rotatable bonds is 3. The first-order valence-electron chi connectivity index (χ1n) is 5.85. The Labute approximate surface area is 118 Å². The number of thiazole rings is 1. The van der Waals surface area contributed by atoms with Gasteiger partial charge >= 0.3 is 0 Å². The molecule has 0 fully saturated rings. The Kier molecular flexibility index (Phi) is 3.22. The second-order valence-corrected chi connectivity index (χ2v) is 5.05. The Balaban J connectivity index is 2.20. The van der Waals surface area contributed by atoms with Gasteiger partial charge < -0.3 is 0 Å². The molecule has 0 aliphatic heterocycles. The number of nitrogens with one attached hydrogen (secondary N) is 1. The second-order valence-electron chi connectivity index (χ2n) is 4.02. The monoisotopic (exact) mass is 283 g/mol. The van der Waals surface area contributed by atoms with E-state index in [4.69, 9.17) is 0 Å². The van der Waals surface area contributed by atoms with E-state index in [2.05, 4.69) is 15.2 Å². The highest BCUT2D eigenvalue weighted by molar-refractivity contribution is 7.17. The number of H-pyrrole nitrogens is 1. The van der Waals surface area contributed by atoms with E-state index in [0.717, 1.165) is 10.4 Å². The molecule has 2 aromatic heterocycles. The van der Waals surface area contributed by atoms with Gasteiger partial charge in [0.05, 0.1) is 10.6 Å². The van der Waals surface area contributed by atoms with Gasteiger partial charge in [-0.1, -0.05) is 30.3 Å². The molecule has 0 atom stereocenters. The van der Waals surface area contributed by atoms with Gasteiger partial charge in [0.15, 0.2) is 11.3 Å². The molecule has 0 aliphatic rings. The number of aromatic nitrogens is 3. The number of benzene rings is 1. The zero-order chi connectivity index (χ0) is 13.9. The van der Waals surface area contributed by atoms with Crippen molar-refractivity contribution in [2.75, 3.05) is 0 Å². The summed E-state index contributed by atoms with van der Waals surface area (Å²) < 4.78 is 0. The summed E-state index contributed by atoms with van der Waals surface area (Å²) in [7, 11) is 0. The molecular formula is C14H9N3O2S. The zero-order valence-electron chi connectivity index (χ0n) is 10.2. The fraction of sp³-hybridized carbons (Fsp3) is 0. The number of carbonyl (C=O) groups excluding carboxylic acids is 1. The Morgan fingerprint density at radius 3 is 2.55 bits per heavy atom. The molecule has 98 valence electrons. The number of hydrogen-bond acceptors (Lipinski definition) is 5. The highest BCUT2D eigenvalue weighted by Crippen LogP contribution is 2.34. The third-order valence-corrected chi connectivity index (χ3v) is 3.71. The van der Waals surface area contributed by atoms with Crippen LogP contribution in [0.15, 0.2) is 47.3 Å². The number of hydrogen-bond donors (Lipinski definition) is 1. The largest absolute Gasteiger partial charge is 0.295 e. The minimum atomic E-state index is -0.268. The molecule has 6 heteroatoms. The van der Waals surface area contributed by atoms with Crippen LogP contribution in [0, 0.1) is 0 Å². The van der Waals surface area contributed by atoms with Gasteiger partial charge in [-0.15, -0.1) is 11.3 Å². The lowest BCUT2D eigenvalue weighted by Gasteiger charge is -2.01. The van der Waals surface area contributed by atoms with Gasteiger partial charge in [0, 0.05) is 11.6 Å². The minimum absolute atomic E-state index is 0.268. The molecule has 0 aliphatic carbocycles. The van der Waals surface area contributed by atoms with Crippen LogP contribution in [-0.2, 0) is 0 Å². The van der Waals surface area contributed by atoms with E-state index in [1.807, 2.05) is 30.3 Å². The minimum Gasteiger partial charge on any atom is -0.295 e. The van der Waals surface area contributed by atoms with Crippen molar-refractivity contribution in [2.45, 2.75) is 0 Å². The van der Waals surface area contributed by atoms with E-state index in [1.54, 1.807) is 6.07 Å². The number of nitrogens with zero attached hydrogens (tertiary/aromatic N) is 2. The third kappa shape index (κ3) is 2.28. The van der Waals surface area contributed by atoms with Gasteiger partial charge in [-0.05, 0) is 6.07 Å². The predicted octanol–water partition coefficient (Wildman–Crippen LogP) is 2.37. The van der Waals surface area contributed by atoms with E-state index in [0.29, 0.717) is 22.7 Å². The van der Waals surface area contributed by atoms with Crippen molar-refractivity contribution in [1.82, 2.24) is 15.2 Å². The second kappa shape index (κ2) is 5.18. The SMILES string of the molecule is O=Cc1nc(-c2ccccc2)c(-c2ccc(=O)[nH]n2)s1. The summed E-state index contributed by atoms with van der Waals surface area (Å²) in [6.45, 7) is 0. The fourth-order valence-corrected chi connectivity index (χ4v) is 2.70. The van der Waals surface area contributed by atoms with E-state index in [-0.39, 0.29) is 5.56 Å². The van der Waals surface area contributed by atoms with E-state index in [9.17, 15) is 9.59 Å². The Morgan fingerprint density at radius 1 is 1.10 bits per heavy atom. The van der Waals surface area contributed by atoms with E-state index >= 15 is 0 Å². The molecule has 0 spiro atoms. The molecule has 1 N–H and O–H groups in total. The molecule has 3 aromatic rings. The molecule has 0 radical (unpaired) electrons. The van der Waals surface area contributed by atoms with Crippen LogP contribution >= 0.6 is 11.3 Å². The maximum absolute atomic E-state index is 11.1. The predicted molar refractivity (Wildman–Crippen MR) is 76.8 cm³/mol. The van der Waals surface area contributed by atoms with Crippen molar-refractivity contribution in [1.29, 1.82) is 0 Å². The molecule has 1 aromatic carbocycles. The van der Waals surface area contributed by atoms with Crippen molar-refractivity contribution in [2.24, 2.45) is 0 Å². The fourth-order valence-electron chi connectivity index (χ4n) is 1.82. The molecule has 2 heterocycles. The van der Waals surface area contributed by atoms with Crippen LogP contribution in [-0.4, -0.2) is 21.5 Å². The zero-order valence-corrected chi connectivity index (χ0v) is 11.1. The lowest BCUT2D eigenvalue weighted by Crippen LogP contribution is -2.05. The molecule has 0 unspecified atom stereocenters. The average Bonchev–Trinajstić information content (AvgIpc) is 2.93. The van der Waals surface area contributed by atoms with Crippen molar-refractivity contribution in [3.8, 4) is 21.8 Å². The Morgan fingerprint density at radius 2 is 1.90 bits per heavy atom. The molecule has 3 rings (SSSR count). The smallest absolute Gasteiger partial charge is 0.264 e. The van der Waals surface area contributed by atoms with Crippen LogP contribution in [0.2, 0.25) is 0 Å². The first-order valence-corrected chi connectivity index (χ1v) is 6.67. The quantitative estimate of drug-likeness (QED) is 0.749. The molecular weight excluding hydrogens is 274 g/mol. The van der Waals surface area contributed by atoms with Crippen LogP contribution in [0.3, 0.4) is 0 Å². The summed E-state index contributed by atoms with van der Waals surface area (Å²) >= 11 is 1.25. The molecule has 0 amide bonds. The Hall–Kier alpha value is -2.60. The summed E-state index contributed by atoms with van der Waals surface area (Å²) in [6, 6.07) is 12.6. The van der Waals surface area contributed by atoms with Crippen molar-refractivity contribution in [3.63, 3.8) is 0 Å². The molecule has 0 saturated carbocycles. The molecule has 20 heavy (non-hydrogen) atoms. The van der Waals surface area contributed by atoms with Crippen molar-refractivity contribution in [3.05, 3.63) is 57.8 Å². The summed E-state index contributed by atoms with van der Waals surface area (Å²) in [4.78, 5) is 27.1. The number of carbonyl (C=O) groups is 1. The van der Waals surface area contributed by atoms with E-state index in [1.165, 1.54) is 17.4 Å². The van der Waals surface area contributed by atoms with Gasteiger partial charge in [0.2, 0.25) is 0 Å². The van der Waals surface area contributed by atoms with Crippen LogP contribution < -0.4 is 5.56 Å². The highest BCUT2D eigenvalue weighted by atomic mass is 32.1. The molecule has 0 saturated heterocycles. The standard InChI is InChI=1S/C14H9N3O2S/c18-8-12-15-13(9-4-2-1-3-5-9)14(20-12)10-6-7-11(19)17-16-10/h1-8H,(H,17,19). The van der Waals surface area contributed by atoms with Crippen LogP contribution in [0.4, 0.5) is 0 Å². The van der Waals surface area contributed by atoms with Gasteiger partial charge in [0.1, 0.15) is 5.69 Å². The number of aldehydes is 1. The Bertz CT molecular complexity index is 788. The third-order valence-electron chi connectivity index (χ3n) is 2.70. The van der Waals surface area contributed by atoms with Gasteiger partial charge in [-0.3, -0.25) is 9.59 Å². The average molecular weight is 283 g/mol.